The first kappa shape index (κ1) is 9.17. The van der Waals surface area contributed by atoms with E-state index in [9.17, 15) is 0 Å². The van der Waals surface area contributed by atoms with Crippen molar-refractivity contribution < 1.29 is 0 Å². The Morgan fingerprint density at radius 2 is 1.94 bits per heavy atom. The Kier molecular flexibility index (Phi) is 2.00. The van der Waals surface area contributed by atoms with Gasteiger partial charge in [-0.25, -0.2) is 0 Å². The molecule has 5 nitrogen and oxygen atoms in total. The van der Waals surface area contributed by atoms with Crippen molar-refractivity contribution in [3.63, 3.8) is 0 Å². The molecule has 3 aromatic rings. The SMILES string of the molecule is S=c1nc(-c2cccc3nccnc23)[nH][nH]1. The highest BCUT2D eigenvalue weighted by Crippen LogP contribution is 2.22. The first-order valence-electron chi connectivity index (χ1n) is 4.69. The molecule has 0 saturated carbocycles. The van der Waals surface area contributed by atoms with Crippen molar-refractivity contribution in [3.05, 3.63) is 35.4 Å². The van der Waals surface area contributed by atoms with Crippen molar-refractivity contribution in [1.29, 1.82) is 0 Å². The van der Waals surface area contributed by atoms with E-state index in [1.54, 1.807) is 12.4 Å². The second-order valence-electron chi connectivity index (χ2n) is 3.25. The van der Waals surface area contributed by atoms with Crippen molar-refractivity contribution in [2.24, 2.45) is 0 Å². The summed E-state index contributed by atoms with van der Waals surface area (Å²) in [6.45, 7) is 0. The van der Waals surface area contributed by atoms with Crippen LogP contribution in [-0.2, 0) is 0 Å². The summed E-state index contributed by atoms with van der Waals surface area (Å²) in [5, 5.41) is 5.67. The van der Waals surface area contributed by atoms with Crippen LogP contribution in [0.1, 0.15) is 0 Å². The summed E-state index contributed by atoms with van der Waals surface area (Å²) in [6.07, 6.45) is 3.33. The minimum absolute atomic E-state index is 0.427. The molecule has 0 aliphatic rings. The largest absolute Gasteiger partial charge is 0.282 e. The van der Waals surface area contributed by atoms with Crippen LogP contribution in [0, 0.1) is 4.77 Å². The highest BCUT2D eigenvalue weighted by molar-refractivity contribution is 7.71. The Labute approximate surface area is 95.6 Å². The topological polar surface area (TPSA) is 70.2 Å². The molecule has 6 heteroatoms. The number of aromatic nitrogens is 5. The van der Waals surface area contributed by atoms with Crippen molar-refractivity contribution in [2.75, 3.05) is 0 Å². The first-order valence-corrected chi connectivity index (χ1v) is 5.10. The fraction of sp³-hybridized carbons (Fsp3) is 0. The van der Waals surface area contributed by atoms with E-state index in [0.717, 1.165) is 16.6 Å². The second kappa shape index (κ2) is 3.49. The molecule has 0 radical (unpaired) electrons. The average Bonchev–Trinajstić information content (AvgIpc) is 2.75. The fourth-order valence-electron chi connectivity index (χ4n) is 1.58. The molecule has 1 aromatic carbocycles. The number of benzene rings is 1. The lowest BCUT2D eigenvalue weighted by Crippen LogP contribution is -1.88. The number of aromatic amines is 2. The van der Waals surface area contributed by atoms with E-state index < -0.39 is 0 Å². The molecule has 0 fully saturated rings. The van der Waals surface area contributed by atoms with Crippen LogP contribution in [0.3, 0.4) is 0 Å². The van der Waals surface area contributed by atoms with Crippen LogP contribution in [0.4, 0.5) is 0 Å². The minimum Gasteiger partial charge on any atom is -0.282 e. The molecule has 0 saturated heterocycles. The molecule has 2 N–H and O–H groups in total. The number of H-pyrrole nitrogens is 2. The van der Waals surface area contributed by atoms with Gasteiger partial charge in [0.15, 0.2) is 5.82 Å². The molecule has 0 atom stereocenters. The highest BCUT2D eigenvalue weighted by Gasteiger charge is 2.07. The molecular formula is C10H7N5S. The number of hydrogen-bond acceptors (Lipinski definition) is 4. The molecule has 2 aromatic heterocycles. The Bertz CT molecular complexity index is 694. The minimum atomic E-state index is 0.427. The Morgan fingerprint density at radius 1 is 1.06 bits per heavy atom. The maximum absolute atomic E-state index is 4.92. The normalized spacial score (nSPS) is 10.8. The summed E-state index contributed by atoms with van der Waals surface area (Å²) in [7, 11) is 0. The fourth-order valence-corrected chi connectivity index (χ4v) is 1.72. The third-order valence-electron chi connectivity index (χ3n) is 2.25. The monoisotopic (exact) mass is 229 g/mol. The lowest BCUT2D eigenvalue weighted by atomic mass is 10.1. The van der Waals surface area contributed by atoms with E-state index in [1.807, 2.05) is 18.2 Å². The van der Waals surface area contributed by atoms with Crippen LogP contribution < -0.4 is 0 Å². The van der Waals surface area contributed by atoms with Gasteiger partial charge >= 0.3 is 0 Å². The Hall–Kier alpha value is -2.08. The predicted octanol–water partition coefficient (Wildman–Crippen LogP) is 2.08. The summed E-state index contributed by atoms with van der Waals surface area (Å²) in [4.78, 5) is 12.7. The van der Waals surface area contributed by atoms with Gasteiger partial charge in [0.05, 0.1) is 11.0 Å². The third kappa shape index (κ3) is 1.40. The smallest absolute Gasteiger partial charge is 0.213 e. The number of fused-ring (bicyclic) bond motifs is 1. The van der Waals surface area contributed by atoms with Gasteiger partial charge in [0.2, 0.25) is 4.77 Å². The summed E-state index contributed by atoms with van der Waals surface area (Å²) < 4.78 is 0.427. The maximum atomic E-state index is 4.92. The molecule has 0 aliphatic carbocycles. The van der Waals surface area contributed by atoms with Crippen molar-refractivity contribution in [3.8, 4) is 11.4 Å². The van der Waals surface area contributed by atoms with E-state index in [1.165, 1.54) is 0 Å². The van der Waals surface area contributed by atoms with Gasteiger partial charge in [-0.15, -0.1) is 0 Å². The van der Waals surface area contributed by atoms with Crippen LogP contribution in [0.2, 0.25) is 0 Å². The van der Waals surface area contributed by atoms with Crippen molar-refractivity contribution >= 4 is 23.3 Å². The number of nitrogens with one attached hydrogen (secondary N) is 2. The molecule has 78 valence electrons. The molecule has 0 bridgehead atoms. The van der Waals surface area contributed by atoms with E-state index >= 15 is 0 Å². The number of nitrogens with zero attached hydrogens (tertiary/aromatic N) is 3. The van der Waals surface area contributed by atoms with Gasteiger partial charge in [0, 0.05) is 18.0 Å². The van der Waals surface area contributed by atoms with E-state index in [2.05, 4.69) is 25.1 Å². The summed E-state index contributed by atoms with van der Waals surface area (Å²) >= 11 is 4.92. The summed E-state index contributed by atoms with van der Waals surface area (Å²) in [5.41, 5.74) is 2.53. The average molecular weight is 229 g/mol. The zero-order valence-corrected chi connectivity index (χ0v) is 8.95. The summed E-state index contributed by atoms with van der Waals surface area (Å²) in [6, 6.07) is 5.75. The molecule has 0 spiro atoms. The van der Waals surface area contributed by atoms with Crippen molar-refractivity contribution in [1.82, 2.24) is 25.1 Å². The molecule has 16 heavy (non-hydrogen) atoms. The van der Waals surface area contributed by atoms with Gasteiger partial charge in [0.25, 0.3) is 0 Å². The van der Waals surface area contributed by atoms with Crippen LogP contribution in [0.5, 0.6) is 0 Å². The standard InChI is InChI=1S/C10H7N5S/c16-10-13-9(14-15-10)6-2-1-3-7-8(6)12-5-4-11-7/h1-5H,(H2,13,14,15,16). The second-order valence-corrected chi connectivity index (χ2v) is 3.63. The van der Waals surface area contributed by atoms with Gasteiger partial charge in [0.1, 0.15) is 0 Å². The third-order valence-corrected chi connectivity index (χ3v) is 2.45. The van der Waals surface area contributed by atoms with Gasteiger partial charge in [-0.05, 0) is 24.4 Å². The first-order chi connectivity index (χ1) is 7.84. The van der Waals surface area contributed by atoms with E-state index in [0.29, 0.717) is 10.6 Å². The summed E-state index contributed by atoms with van der Waals surface area (Å²) in [5.74, 6) is 0.677. The van der Waals surface area contributed by atoms with Crippen LogP contribution in [-0.4, -0.2) is 25.1 Å². The van der Waals surface area contributed by atoms with Crippen molar-refractivity contribution in [2.45, 2.75) is 0 Å². The molecule has 0 amide bonds. The number of rotatable bonds is 1. The Balaban J connectivity index is 2.35. The van der Waals surface area contributed by atoms with Crippen LogP contribution in [0.25, 0.3) is 22.4 Å². The van der Waals surface area contributed by atoms with Crippen LogP contribution >= 0.6 is 12.2 Å². The molecular weight excluding hydrogens is 222 g/mol. The highest BCUT2D eigenvalue weighted by atomic mass is 32.1. The lowest BCUT2D eigenvalue weighted by Gasteiger charge is -2.00. The molecule has 2 heterocycles. The van der Waals surface area contributed by atoms with Gasteiger partial charge in [-0.1, -0.05) is 6.07 Å². The van der Waals surface area contributed by atoms with Gasteiger partial charge in [-0.3, -0.25) is 20.2 Å². The molecule has 0 aliphatic heterocycles. The van der Waals surface area contributed by atoms with Crippen LogP contribution in [0.15, 0.2) is 30.6 Å². The number of hydrogen-bond donors (Lipinski definition) is 2. The zero-order chi connectivity index (χ0) is 11.0. The zero-order valence-electron chi connectivity index (χ0n) is 8.14. The van der Waals surface area contributed by atoms with E-state index in [-0.39, 0.29) is 0 Å². The van der Waals surface area contributed by atoms with E-state index in [4.69, 9.17) is 12.2 Å². The van der Waals surface area contributed by atoms with Gasteiger partial charge < -0.3 is 0 Å². The quantitative estimate of drug-likeness (QED) is 0.627. The van der Waals surface area contributed by atoms with Gasteiger partial charge in [-0.2, -0.15) is 4.98 Å². The Morgan fingerprint density at radius 3 is 2.75 bits per heavy atom. The lowest BCUT2D eigenvalue weighted by molar-refractivity contribution is 1.08. The predicted molar refractivity (Wildman–Crippen MR) is 62.3 cm³/mol. The molecule has 3 rings (SSSR count). The maximum Gasteiger partial charge on any atom is 0.213 e. The number of para-hydroxylation sites is 1. The molecule has 0 unspecified atom stereocenters.